The second-order valence-electron chi connectivity index (χ2n) is 3.10. The second-order valence-corrected chi connectivity index (χ2v) is 3.10. The van der Waals surface area contributed by atoms with Crippen molar-refractivity contribution in [3.05, 3.63) is 0 Å². The van der Waals surface area contributed by atoms with E-state index < -0.39 is 5.97 Å². The standard InChI is InChI=1S/C9H18N2O4/c1-4-11(5-6-15-3)9(14)10(2)7-8(12)13/h4-7H2,1-3H3,(H,12,13). The molecular weight excluding hydrogens is 200 g/mol. The number of rotatable bonds is 6. The van der Waals surface area contributed by atoms with E-state index in [2.05, 4.69) is 0 Å². The number of carbonyl (C=O) groups excluding carboxylic acids is 1. The molecule has 0 saturated heterocycles. The zero-order valence-electron chi connectivity index (χ0n) is 9.39. The molecule has 0 aromatic carbocycles. The van der Waals surface area contributed by atoms with Gasteiger partial charge in [0.25, 0.3) is 0 Å². The lowest BCUT2D eigenvalue weighted by Gasteiger charge is -2.25. The van der Waals surface area contributed by atoms with E-state index in [-0.39, 0.29) is 12.6 Å². The maximum Gasteiger partial charge on any atom is 0.323 e. The first-order chi connectivity index (χ1) is 7.02. The molecule has 0 aliphatic rings. The first-order valence-electron chi connectivity index (χ1n) is 4.73. The van der Waals surface area contributed by atoms with E-state index >= 15 is 0 Å². The number of carboxylic acid groups (broad SMARTS) is 1. The van der Waals surface area contributed by atoms with Gasteiger partial charge in [-0.25, -0.2) is 4.79 Å². The van der Waals surface area contributed by atoms with Crippen LogP contribution in [0.3, 0.4) is 0 Å². The largest absolute Gasteiger partial charge is 0.480 e. The summed E-state index contributed by atoms with van der Waals surface area (Å²) in [5, 5.41) is 8.53. The smallest absolute Gasteiger partial charge is 0.323 e. The number of carbonyl (C=O) groups is 2. The van der Waals surface area contributed by atoms with Crippen LogP contribution in [0.25, 0.3) is 0 Å². The summed E-state index contributed by atoms with van der Waals surface area (Å²) in [5.41, 5.74) is 0. The van der Waals surface area contributed by atoms with E-state index in [1.54, 1.807) is 7.11 Å². The number of amides is 2. The summed E-state index contributed by atoms with van der Waals surface area (Å²) in [6.07, 6.45) is 0. The maximum atomic E-state index is 11.6. The summed E-state index contributed by atoms with van der Waals surface area (Å²) in [5.74, 6) is -1.02. The fraction of sp³-hybridized carbons (Fsp3) is 0.778. The first kappa shape index (κ1) is 13.7. The highest BCUT2D eigenvalue weighted by Crippen LogP contribution is 1.96. The van der Waals surface area contributed by atoms with Gasteiger partial charge >= 0.3 is 12.0 Å². The molecule has 6 heteroatoms. The van der Waals surface area contributed by atoms with Crippen LogP contribution in [0.2, 0.25) is 0 Å². The zero-order valence-corrected chi connectivity index (χ0v) is 9.39. The van der Waals surface area contributed by atoms with E-state index in [1.807, 2.05) is 6.92 Å². The van der Waals surface area contributed by atoms with E-state index in [4.69, 9.17) is 9.84 Å². The molecule has 88 valence electrons. The number of likely N-dealkylation sites (N-methyl/N-ethyl adjacent to an activating group) is 2. The number of hydrogen-bond acceptors (Lipinski definition) is 3. The Labute approximate surface area is 89.4 Å². The molecule has 0 rings (SSSR count). The van der Waals surface area contributed by atoms with Crippen LogP contribution in [0.15, 0.2) is 0 Å². The Balaban J connectivity index is 4.17. The Hall–Kier alpha value is -1.30. The minimum atomic E-state index is -1.02. The normalized spacial score (nSPS) is 9.80. The molecule has 6 nitrogen and oxygen atoms in total. The van der Waals surface area contributed by atoms with Crippen LogP contribution in [0.5, 0.6) is 0 Å². The van der Waals surface area contributed by atoms with E-state index in [0.29, 0.717) is 19.7 Å². The molecule has 0 radical (unpaired) electrons. The molecule has 0 aromatic heterocycles. The molecule has 0 aliphatic carbocycles. The van der Waals surface area contributed by atoms with Gasteiger partial charge in [-0.1, -0.05) is 0 Å². The number of hydrogen-bond donors (Lipinski definition) is 1. The average Bonchev–Trinajstić information content (AvgIpc) is 2.17. The summed E-state index contributed by atoms with van der Waals surface area (Å²) >= 11 is 0. The molecule has 0 spiro atoms. The first-order valence-corrected chi connectivity index (χ1v) is 4.73. The van der Waals surface area contributed by atoms with Crippen molar-refractivity contribution in [1.29, 1.82) is 0 Å². The molecule has 0 unspecified atom stereocenters. The third-order valence-corrected chi connectivity index (χ3v) is 1.92. The van der Waals surface area contributed by atoms with Crippen LogP contribution < -0.4 is 0 Å². The van der Waals surface area contributed by atoms with Gasteiger partial charge in [-0.15, -0.1) is 0 Å². The van der Waals surface area contributed by atoms with Crippen molar-refractivity contribution in [2.45, 2.75) is 6.92 Å². The lowest BCUT2D eigenvalue weighted by molar-refractivity contribution is -0.137. The Morgan fingerprint density at radius 3 is 2.40 bits per heavy atom. The highest BCUT2D eigenvalue weighted by atomic mass is 16.5. The van der Waals surface area contributed by atoms with Gasteiger partial charge < -0.3 is 19.6 Å². The number of urea groups is 1. The zero-order chi connectivity index (χ0) is 11.8. The molecule has 0 aromatic rings. The van der Waals surface area contributed by atoms with Crippen molar-refractivity contribution in [2.24, 2.45) is 0 Å². The molecule has 15 heavy (non-hydrogen) atoms. The van der Waals surface area contributed by atoms with E-state index in [1.165, 1.54) is 16.8 Å². The van der Waals surface area contributed by atoms with Crippen LogP contribution in [-0.4, -0.2) is 67.3 Å². The Kier molecular flexibility index (Phi) is 6.44. The van der Waals surface area contributed by atoms with Gasteiger partial charge in [-0.2, -0.15) is 0 Å². The minimum absolute atomic E-state index is 0.289. The van der Waals surface area contributed by atoms with Gasteiger partial charge in [-0.05, 0) is 6.92 Å². The molecule has 2 amide bonds. The van der Waals surface area contributed by atoms with Gasteiger partial charge in [0.15, 0.2) is 0 Å². The number of ether oxygens (including phenoxy) is 1. The van der Waals surface area contributed by atoms with E-state index in [0.717, 1.165) is 0 Å². The molecule has 0 aliphatic heterocycles. The number of carboxylic acids is 1. The minimum Gasteiger partial charge on any atom is -0.480 e. The topological polar surface area (TPSA) is 70.1 Å². The van der Waals surface area contributed by atoms with Crippen molar-refractivity contribution in [1.82, 2.24) is 9.80 Å². The molecule has 1 N–H and O–H groups in total. The predicted octanol–water partition coefficient (Wildman–Crippen LogP) is 0.0911. The monoisotopic (exact) mass is 218 g/mol. The molecular formula is C9H18N2O4. The summed E-state index contributed by atoms with van der Waals surface area (Å²) < 4.78 is 4.86. The molecule has 0 bridgehead atoms. The van der Waals surface area contributed by atoms with Crippen molar-refractivity contribution >= 4 is 12.0 Å². The number of aliphatic carboxylic acids is 1. The van der Waals surface area contributed by atoms with Crippen molar-refractivity contribution < 1.29 is 19.4 Å². The lowest BCUT2D eigenvalue weighted by Crippen LogP contribution is -2.44. The van der Waals surface area contributed by atoms with Crippen LogP contribution in [0.1, 0.15) is 6.92 Å². The van der Waals surface area contributed by atoms with Gasteiger partial charge in [0, 0.05) is 27.2 Å². The fourth-order valence-corrected chi connectivity index (χ4v) is 1.10. The van der Waals surface area contributed by atoms with Gasteiger partial charge in [0.1, 0.15) is 6.54 Å². The highest BCUT2D eigenvalue weighted by Gasteiger charge is 2.17. The van der Waals surface area contributed by atoms with Crippen molar-refractivity contribution in [3.8, 4) is 0 Å². The summed E-state index contributed by atoms with van der Waals surface area (Å²) in [7, 11) is 3.02. The second kappa shape index (κ2) is 7.05. The van der Waals surface area contributed by atoms with Gasteiger partial charge in [-0.3, -0.25) is 4.79 Å². The molecule has 0 atom stereocenters. The predicted molar refractivity (Wildman–Crippen MR) is 54.8 cm³/mol. The molecule has 0 saturated carbocycles. The Morgan fingerprint density at radius 2 is 2.00 bits per heavy atom. The Morgan fingerprint density at radius 1 is 1.40 bits per heavy atom. The van der Waals surface area contributed by atoms with Crippen molar-refractivity contribution in [3.63, 3.8) is 0 Å². The quantitative estimate of drug-likeness (QED) is 0.686. The summed E-state index contributed by atoms with van der Waals surface area (Å²) in [6, 6.07) is -0.294. The SMILES string of the molecule is CCN(CCOC)C(=O)N(C)CC(=O)O. The molecule has 0 fully saturated rings. The third-order valence-electron chi connectivity index (χ3n) is 1.92. The maximum absolute atomic E-state index is 11.6. The van der Waals surface area contributed by atoms with Crippen LogP contribution >= 0.6 is 0 Å². The highest BCUT2D eigenvalue weighted by molar-refractivity contribution is 5.79. The number of methoxy groups -OCH3 is 1. The van der Waals surface area contributed by atoms with Gasteiger partial charge in [0.2, 0.25) is 0 Å². The Bertz CT molecular complexity index is 220. The van der Waals surface area contributed by atoms with Crippen LogP contribution in [0, 0.1) is 0 Å². The third kappa shape index (κ3) is 5.21. The van der Waals surface area contributed by atoms with Gasteiger partial charge in [0.05, 0.1) is 6.61 Å². The van der Waals surface area contributed by atoms with Crippen molar-refractivity contribution in [2.75, 3.05) is 40.4 Å². The average molecular weight is 218 g/mol. The number of nitrogens with zero attached hydrogens (tertiary/aromatic N) is 2. The summed E-state index contributed by atoms with van der Waals surface area (Å²) in [6.45, 7) is 2.99. The molecule has 0 heterocycles. The lowest BCUT2D eigenvalue weighted by atomic mass is 10.5. The fourth-order valence-electron chi connectivity index (χ4n) is 1.10. The summed E-state index contributed by atoms with van der Waals surface area (Å²) in [4.78, 5) is 24.8. The van der Waals surface area contributed by atoms with E-state index in [9.17, 15) is 9.59 Å². The van der Waals surface area contributed by atoms with Crippen LogP contribution in [-0.2, 0) is 9.53 Å². The van der Waals surface area contributed by atoms with Crippen LogP contribution in [0.4, 0.5) is 4.79 Å².